The molecule has 3 nitrogen and oxygen atoms in total. The van der Waals surface area contributed by atoms with E-state index in [0.29, 0.717) is 0 Å². The maximum atomic E-state index is 5.72. The fourth-order valence-electron chi connectivity index (χ4n) is 2.82. The largest absolute Gasteiger partial charge is 0.494 e. The van der Waals surface area contributed by atoms with Crippen molar-refractivity contribution in [3.8, 4) is 5.75 Å². The Morgan fingerprint density at radius 1 is 1.26 bits per heavy atom. The van der Waals surface area contributed by atoms with E-state index >= 15 is 0 Å². The van der Waals surface area contributed by atoms with Gasteiger partial charge in [0.1, 0.15) is 5.75 Å². The van der Waals surface area contributed by atoms with Gasteiger partial charge in [-0.3, -0.25) is 0 Å². The van der Waals surface area contributed by atoms with E-state index in [1.807, 2.05) is 30.3 Å². The first kappa shape index (κ1) is 14.4. The van der Waals surface area contributed by atoms with E-state index in [-0.39, 0.29) is 0 Å². The van der Waals surface area contributed by atoms with Crippen molar-refractivity contribution in [2.45, 2.75) is 25.7 Å². The van der Waals surface area contributed by atoms with Gasteiger partial charge in [0.05, 0.1) is 6.61 Å². The zero-order valence-corrected chi connectivity index (χ0v) is 11.8. The summed E-state index contributed by atoms with van der Waals surface area (Å²) >= 11 is 0. The van der Waals surface area contributed by atoms with Crippen LogP contribution in [0.1, 0.15) is 25.7 Å². The molecule has 3 heteroatoms. The number of benzene rings is 1. The Kier molecular flexibility index (Phi) is 6.18. The van der Waals surface area contributed by atoms with Crippen LogP contribution in [0.15, 0.2) is 30.3 Å². The third-order valence-electron chi connectivity index (χ3n) is 3.81. The lowest BCUT2D eigenvalue weighted by molar-refractivity contribution is 0.158. The zero-order valence-electron chi connectivity index (χ0n) is 11.8. The second-order valence-electron chi connectivity index (χ2n) is 5.40. The summed E-state index contributed by atoms with van der Waals surface area (Å²) in [5.41, 5.74) is 5.65. The van der Waals surface area contributed by atoms with E-state index in [1.54, 1.807) is 0 Å². The Bertz CT molecular complexity index is 340. The van der Waals surface area contributed by atoms with Gasteiger partial charge in [0, 0.05) is 13.1 Å². The van der Waals surface area contributed by atoms with Gasteiger partial charge in [0.15, 0.2) is 0 Å². The highest BCUT2D eigenvalue weighted by atomic mass is 16.5. The fraction of sp³-hybridized carbons (Fsp3) is 0.625. The lowest BCUT2D eigenvalue weighted by Gasteiger charge is -2.32. The van der Waals surface area contributed by atoms with Gasteiger partial charge < -0.3 is 15.4 Å². The molecule has 1 unspecified atom stereocenters. The number of hydrogen-bond acceptors (Lipinski definition) is 3. The fourth-order valence-corrected chi connectivity index (χ4v) is 2.82. The predicted molar refractivity (Wildman–Crippen MR) is 79.4 cm³/mol. The molecule has 1 aliphatic heterocycles. The van der Waals surface area contributed by atoms with E-state index in [9.17, 15) is 0 Å². The number of nitrogens with two attached hydrogens (primary N) is 1. The highest BCUT2D eigenvalue weighted by molar-refractivity contribution is 5.20. The smallest absolute Gasteiger partial charge is 0.119 e. The summed E-state index contributed by atoms with van der Waals surface area (Å²) in [5.74, 6) is 1.79. The van der Waals surface area contributed by atoms with Crippen molar-refractivity contribution < 1.29 is 4.74 Å². The Morgan fingerprint density at radius 2 is 2.11 bits per heavy atom. The van der Waals surface area contributed by atoms with Crippen LogP contribution in [-0.2, 0) is 0 Å². The molecule has 1 aromatic carbocycles. The Labute approximate surface area is 116 Å². The number of nitrogens with zero attached hydrogens (tertiary/aromatic N) is 1. The molecule has 106 valence electrons. The number of rotatable bonds is 7. The molecule has 0 amide bonds. The molecule has 1 aromatic rings. The van der Waals surface area contributed by atoms with Crippen molar-refractivity contribution in [2.75, 3.05) is 32.8 Å². The molecular weight excluding hydrogens is 236 g/mol. The van der Waals surface area contributed by atoms with E-state index in [1.165, 1.54) is 32.4 Å². The number of hydrogen-bond donors (Lipinski definition) is 1. The molecule has 19 heavy (non-hydrogen) atoms. The summed E-state index contributed by atoms with van der Waals surface area (Å²) in [4.78, 5) is 2.57. The van der Waals surface area contributed by atoms with Gasteiger partial charge in [0.25, 0.3) is 0 Å². The summed E-state index contributed by atoms with van der Waals surface area (Å²) in [6, 6.07) is 10.1. The van der Waals surface area contributed by atoms with Crippen molar-refractivity contribution in [1.29, 1.82) is 0 Å². The van der Waals surface area contributed by atoms with Crippen molar-refractivity contribution in [1.82, 2.24) is 4.90 Å². The minimum absolute atomic E-state index is 0.808. The van der Waals surface area contributed by atoms with Crippen LogP contribution in [0.2, 0.25) is 0 Å². The average molecular weight is 262 g/mol. The van der Waals surface area contributed by atoms with Crippen LogP contribution in [0.5, 0.6) is 5.75 Å². The van der Waals surface area contributed by atoms with Crippen LogP contribution in [-0.4, -0.2) is 37.7 Å². The molecule has 0 aromatic heterocycles. The van der Waals surface area contributed by atoms with E-state index in [4.69, 9.17) is 10.5 Å². The molecule has 2 rings (SSSR count). The van der Waals surface area contributed by atoms with E-state index in [0.717, 1.165) is 37.8 Å². The molecule has 1 atom stereocenters. The first-order valence-electron chi connectivity index (χ1n) is 7.49. The molecule has 0 saturated carbocycles. The van der Waals surface area contributed by atoms with E-state index in [2.05, 4.69) is 4.90 Å². The van der Waals surface area contributed by atoms with Gasteiger partial charge in [-0.2, -0.15) is 0 Å². The predicted octanol–water partition coefficient (Wildman–Crippen LogP) is 2.52. The average Bonchev–Trinajstić information content (AvgIpc) is 2.46. The molecule has 0 spiro atoms. The van der Waals surface area contributed by atoms with Crippen molar-refractivity contribution >= 4 is 0 Å². The Morgan fingerprint density at radius 3 is 2.89 bits per heavy atom. The van der Waals surface area contributed by atoms with Gasteiger partial charge >= 0.3 is 0 Å². The second kappa shape index (κ2) is 8.18. The minimum Gasteiger partial charge on any atom is -0.494 e. The molecular formula is C16H26N2O. The SMILES string of the molecule is NCCC1CCCN(CCCOc2ccccc2)C1. The summed E-state index contributed by atoms with van der Waals surface area (Å²) in [5, 5.41) is 0. The number of ether oxygens (including phenoxy) is 1. The summed E-state index contributed by atoms with van der Waals surface area (Å²) < 4.78 is 5.72. The summed E-state index contributed by atoms with van der Waals surface area (Å²) in [6.45, 7) is 5.25. The maximum absolute atomic E-state index is 5.72. The van der Waals surface area contributed by atoms with Gasteiger partial charge in [-0.15, -0.1) is 0 Å². The van der Waals surface area contributed by atoms with Gasteiger partial charge in [-0.25, -0.2) is 0 Å². The van der Waals surface area contributed by atoms with Crippen LogP contribution in [0.4, 0.5) is 0 Å². The molecule has 1 saturated heterocycles. The summed E-state index contributed by atoms with van der Waals surface area (Å²) in [6.07, 6.45) is 4.96. The van der Waals surface area contributed by atoms with Crippen molar-refractivity contribution in [3.63, 3.8) is 0 Å². The third kappa shape index (κ3) is 5.21. The monoisotopic (exact) mass is 262 g/mol. The molecule has 2 N–H and O–H groups in total. The quantitative estimate of drug-likeness (QED) is 0.767. The Hall–Kier alpha value is -1.06. The molecule has 1 fully saturated rings. The Balaban J connectivity index is 1.60. The standard InChI is InChI=1S/C16H26N2O/c17-10-9-15-6-4-11-18(14-15)12-5-13-19-16-7-2-1-3-8-16/h1-3,7-8,15H,4-6,9-14,17H2. The van der Waals surface area contributed by atoms with Crippen LogP contribution in [0.3, 0.4) is 0 Å². The molecule has 1 aliphatic rings. The van der Waals surface area contributed by atoms with Gasteiger partial charge in [-0.1, -0.05) is 18.2 Å². The zero-order chi connectivity index (χ0) is 13.3. The summed E-state index contributed by atoms with van der Waals surface area (Å²) in [7, 11) is 0. The molecule has 0 bridgehead atoms. The molecule has 0 aliphatic carbocycles. The van der Waals surface area contributed by atoms with Crippen LogP contribution in [0, 0.1) is 5.92 Å². The van der Waals surface area contributed by atoms with Crippen LogP contribution < -0.4 is 10.5 Å². The van der Waals surface area contributed by atoms with Crippen molar-refractivity contribution in [3.05, 3.63) is 30.3 Å². The van der Waals surface area contributed by atoms with E-state index < -0.39 is 0 Å². The number of para-hydroxylation sites is 1. The normalized spacial score (nSPS) is 20.4. The second-order valence-corrected chi connectivity index (χ2v) is 5.40. The van der Waals surface area contributed by atoms with Crippen LogP contribution >= 0.6 is 0 Å². The number of piperidine rings is 1. The minimum atomic E-state index is 0.808. The maximum Gasteiger partial charge on any atom is 0.119 e. The lowest BCUT2D eigenvalue weighted by Crippen LogP contribution is -2.37. The van der Waals surface area contributed by atoms with Crippen LogP contribution in [0.25, 0.3) is 0 Å². The van der Waals surface area contributed by atoms with Gasteiger partial charge in [-0.05, 0) is 56.8 Å². The number of likely N-dealkylation sites (tertiary alicyclic amines) is 1. The highest BCUT2D eigenvalue weighted by Crippen LogP contribution is 2.19. The molecule has 1 heterocycles. The van der Waals surface area contributed by atoms with Crippen molar-refractivity contribution in [2.24, 2.45) is 11.7 Å². The molecule has 0 radical (unpaired) electrons. The first-order valence-corrected chi connectivity index (χ1v) is 7.49. The van der Waals surface area contributed by atoms with Gasteiger partial charge in [0.2, 0.25) is 0 Å². The third-order valence-corrected chi connectivity index (χ3v) is 3.81. The highest BCUT2D eigenvalue weighted by Gasteiger charge is 2.18. The first-order chi connectivity index (χ1) is 9.38. The lowest BCUT2D eigenvalue weighted by atomic mass is 9.95. The topological polar surface area (TPSA) is 38.5 Å².